The molecule has 2 aromatic rings. The molecule has 0 aliphatic carbocycles. The molecular weight excluding hydrogens is 334 g/mol. The van der Waals surface area contributed by atoms with Crippen molar-refractivity contribution in [2.75, 3.05) is 14.2 Å². The van der Waals surface area contributed by atoms with Crippen molar-refractivity contribution >= 4 is 21.8 Å². The van der Waals surface area contributed by atoms with Gasteiger partial charge in [-0.3, -0.25) is 4.79 Å². The zero-order valence-corrected chi connectivity index (χ0v) is 13.4. The molecule has 0 heterocycles. The molecule has 0 atom stereocenters. The van der Waals surface area contributed by atoms with Crippen LogP contribution in [0.15, 0.2) is 46.9 Å². The van der Waals surface area contributed by atoms with Crippen LogP contribution in [-0.4, -0.2) is 20.1 Å². The molecule has 0 spiro atoms. The monoisotopic (exact) mass is 349 g/mol. The molecule has 0 saturated heterocycles. The lowest BCUT2D eigenvalue weighted by molar-refractivity contribution is 0.0944. The number of hydrogen-bond donors (Lipinski definition) is 1. The Balaban J connectivity index is 2.17. The molecule has 0 aliphatic heterocycles. The van der Waals surface area contributed by atoms with Gasteiger partial charge in [0, 0.05) is 11.0 Å². The Bertz CT molecular complexity index is 621. The number of carbonyl (C=O) groups is 1. The van der Waals surface area contributed by atoms with Crippen LogP contribution in [-0.2, 0) is 6.54 Å². The van der Waals surface area contributed by atoms with Crippen molar-refractivity contribution in [2.24, 2.45) is 0 Å². The molecule has 21 heavy (non-hydrogen) atoms. The normalized spacial score (nSPS) is 10.0. The second-order valence-corrected chi connectivity index (χ2v) is 5.27. The van der Waals surface area contributed by atoms with E-state index in [-0.39, 0.29) is 5.91 Å². The molecule has 5 heteroatoms. The maximum Gasteiger partial charge on any atom is 0.259 e. The third-order valence-corrected chi connectivity index (χ3v) is 3.49. The van der Waals surface area contributed by atoms with Gasteiger partial charge < -0.3 is 14.8 Å². The Morgan fingerprint density at radius 2 is 1.71 bits per heavy atom. The number of hydrogen-bond acceptors (Lipinski definition) is 3. The van der Waals surface area contributed by atoms with Crippen LogP contribution in [0.25, 0.3) is 0 Å². The highest BCUT2D eigenvalue weighted by Gasteiger charge is 2.17. The van der Waals surface area contributed by atoms with Gasteiger partial charge in [-0.15, -0.1) is 0 Å². The van der Waals surface area contributed by atoms with Gasteiger partial charge in [-0.05, 0) is 29.8 Å². The van der Waals surface area contributed by atoms with E-state index in [2.05, 4.69) is 21.2 Å². The van der Waals surface area contributed by atoms with Crippen LogP contribution in [0.2, 0.25) is 0 Å². The van der Waals surface area contributed by atoms with Crippen molar-refractivity contribution in [3.8, 4) is 11.5 Å². The van der Waals surface area contributed by atoms with Crippen molar-refractivity contribution < 1.29 is 14.3 Å². The zero-order valence-electron chi connectivity index (χ0n) is 11.9. The number of methoxy groups -OCH3 is 2. The summed E-state index contributed by atoms with van der Waals surface area (Å²) in [7, 11) is 3.06. The van der Waals surface area contributed by atoms with Gasteiger partial charge in [-0.1, -0.05) is 34.1 Å². The SMILES string of the molecule is COc1cccc(OC)c1C(=O)NCc1cccc(Br)c1. The van der Waals surface area contributed by atoms with Gasteiger partial charge in [0.05, 0.1) is 14.2 Å². The molecule has 1 N–H and O–H groups in total. The smallest absolute Gasteiger partial charge is 0.259 e. The van der Waals surface area contributed by atoms with Crippen LogP contribution >= 0.6 is 15.9 Å². The highest BCUT2D eigenvalue weighted by Crippen LogP contribution is 2.28. The molecule has 0 radical (unpaired) electrons. The summed E-state index contributed by atoms with van der Waals surface area (Å²) in [5.74, 6) is 0.742. The number of ether oxygens (including phenoxy) is 2. The number of benzene rings is 2. The number of carbonyl (C=O) groups excluding carboxylic acids is 1. The topological polar surface area (TPSA) is 47.6 Å². The summed E-state index contributed by atoms with van der Waals surface area (Å²) in [6.07, 6.45) is 0. The predicted molar refractivity (Wildman–Crippen MR) is 84.9 cm³/mol. The average Bonchev–Trinajstić information content (AvgIpc) is 2.51. The van der Waals surface area contributed by atoms with Crippen LogP contribution in [0.1, 0.15) is 15.9 Å². The lowest BCUT2D eigenvalue weighted by atomic mass is 10.1. The molecule has 2 rings (SSSR count). The standard InChI is InChI=1S/C16H16BrNO3/c1-20-13-7-4-8-14(21-2)15(13)16(19)18-10-11-5-3-6-12(17)9-11/h3-9H,10H2,1-2H3,(H,18,19). The average molecular weight is 350 g/mol. The molecule has 0 aromatic heterocycles. The maximum atomic E-state index is 12.4. The molecule has 110 valence electrons. The minimum absolute atomic E-state index is 0.232. The first-order valence-electron chi connectivity index (χ1n) is 6.39. The van der Waals surface area contributed by atoms with Crippen molar-refractivity contribution in [2.45, 2.75) is 6.54 Å². The van der Waals surface area contributed by atoms with Gasteiger partial charge in [-0.25, -0.2) is 0 Å². The summed E-state index contributed by atoms with van der Waals surface area (Å²) in [5, 5.41) is 2.87. The van der Waals surface area contributed by atoms with E-state index in [4.69, 9.17) is 9.47 Å². The summed E-state index contributed by atoms with van der Waals surface area (Å²) in [6, 6.07) is 13.0. The van der Waals surface area contributed by atoms with E-state index >= 15 is 0 Å². The highest BCUT2D eigenvalue weighted by molar-refractivity contribution is 9.10. The van der Waals surface area contributed by atoms with Crippen LogP contribution in [0.3, 0.4) is 0 Å². The molecule has 0 bridgehead atoms. The molecule has 4 nitrogen and oxygen atoms in total. The fourth-order valence-electron chi connectivity index (χ4n) is 1.99. The quantitative estimate of drug-likeness (QED) is 0.899. The highest BCUT2D eigenvalue weighted by atomic mass is 79.9. The van der Waals surface area contributed by atoms with Gasteiger partial charge in [0.25, 0.3) is 5.91 Å². The maximum absolute atomic E-state index is 12.4. The number of halogens is 1. The molecule has 0 unspecified atom stereocenters. The van der Waals surface area contributed by atoms with Crippen molar-refractivity contribution in [3.63, 3.8) is 0 Å². The van der Waals surface area contributed by atoms with E-state index in [9.17, 15) is 4.79 Å². The minimum Gasteiger partial charge on any atom is -0.496 e. The fourth-order valence-corrected chi connectivity index (χ4v) is 2.44. The van der Waals surface area contributed by atoms with Gasteiger partial charge in [0.15, 0.2) is 0 Å². The Hall–Kier alpha value is -2.01. The second-order valence-electron chi connectivity index (χ2n) is 4.35. The second kappa shape index (κ2) is 7.13. The molecule has 0 fully saturated rings. The first-order valence-corrected chi connectivity index (χ1v) is 7.18. The Labute approximate surface area is 132 Å². The molecular formula is C16H16BrNO3. The number of amides is 1. The summed E-state index contributed by atoms with van der Waals surface area (Å²) in [6.45, 7) is 0.430. The first-order chi connectivity index (χ1) is 10.2. The van der Waals surface area contributed by atoms with Gasteiger partial charge in [-0.2, -0.15) is 0 Å². The third-order valence-electron chi connectivity index (χ3n) is 3.00. The van der Waals surface area contributed by atoms with Gasteiger partial charge in [0.2, 0.25) is 0 Å². The van der Waals surface area contributed by atoms with E-state index in [1.165, 1.54) is 14.2 Å². The lowest BCUT2D eigenvalue weighted by Gasteiger charge is -2.13. The van der Waals surface area contributed by atoms with E-state index in [0.717, 1.165) is 10.0 Å². The zero-order chi connectivity index (χ0) is 15.2. The van der Waals surface area contributed by atoms with Crippen LogP contribution in [0, 0.1) is 0 Å². The minimum atomic E-state index is -0.232. The van der Waals surface area contributed by atoms with Gasteiger partial charge >= 0.3 is 0 Å². The molecule has 0 saturated carbocycles. The molecule has 2 aromatic carbocycles. The van der Waals surface area contributed by atoms with E-state index in [0.29, 0.717) is 23.6 Å². The Kier molecular flexibility index (Phi) is 5.22. The predicted octanol–water partition coefficient (Wildman–Crippen LogP) is 3.40. The summed E-state index contributed by atoms with van der Waals surface area (Å²) in [5.41, 5.74) is 1.41. The third kappa shape index (κ3) is 3.76. The summed E-state index contributed by atoms with van der Waals surface area (Å²) in [4.78, 5) is 12.4. The van der Waals surface area contributed by atoms with Gasteiger partial charge in [0.1, 0.15) is 17.1 Å². The largest absolute Gasteiger partial charge is 0.496 e. The van der Waals surface area contributed by atoms with E-state index in [1.807, 2.05) is 24.3 Å². The number of nitrogens with one attached hydrogen (secondary N) is 1. The van der Waals surface area contributed by atoms with Crippen LogP contribution in [0.5, 0.6) is 11.5 Å². The van der Waals surface area contributed by atoms with Crippen molar-refractivity contribution in [3.05, 3.63) is 58.1 Å². The molecule has 1 amide bonds. The van der Waals surface area contributed by atoms with Crippen molar-refractivity contribution in [1.82, 2.24) is 5.32 Å². The lowest BCUT2D eigenvalue weighted by Crippen LogP contribution is -2.24. The molecule has 0 aliphatic rings. The first kappa shape index (κ1) is 15.4. The summed E-state index contributed by atoms with van der Waals surface area (Å²) < 4.78 is 11.4. The fraction of sp³-hybridized carbons (Fsp3) is 0.188. The van der Waals surface area contributed by atoms with E-state index in [1.54, 1.807) is 18.2 Å². The Morgan fingerprint density at radius 1 is 1.10 bits per heavy atom. The van der Waals surface area contributed by atoms with Crippen LogP contribution < -0.4 is 14.8 Å². The number of rotatable bonds is 5. The van der Waals surface area contributed by atoms with Crippen LogP contribution in [0.4, 0.5) is 0 Å². The Morgan fingerprint density at radius 3 is 2.29 bits per heavy atom. The van der Waals surface area contributed by atoms with Crippen molar-refractivity contribution in [1.29, 1.82) is 0 Å². The van der Waals surface area contributed by atoms with E-state index < -0.39 is 0 Å². The summed E-state index contributed by atoms with van der Waals surface area (Å²) >= 11 is 3.41.